The number of aromatic amines is 1. The van der Waals surface area contributed by atoms with Crippen molar-refractivity contribution in [1.82, 2.24) is 4.98 Å². The van der Waals surface area contributed by atoms with Crippen LogP contribution in [0, 0.1) is 0 Å². The molecule has 20 heavy (non-hydrogen) atoms. The minimum absolute atomic E-state index is 0.128. The molecule has 0 fully saturated rings. The van der Waals surface area contributed by atoms with Gasteiger partial charge in [0.05, 0.1) is 0 Å². The maximum atomic E-state index is 12.2. The van der Waals surface area contributed by atoms with Gasteiger partial charge in [0.2, 0.25) is 0 Å². The standard InChI is InChI=1S/C17H16N2O/c18-11-12-1-4-14(5-2-12)17(20)10-13-3-6-16-15(9-13)7-8-19-16/h1-9,19H,10-11,18H2. The van der Waals surface area contributed by atoms with Crippen LogP contribution in [0.25, 0.3) is 10.9 Å². The third-order valence-corrected chi connectivity index (χ3v) is 3.49. The number of carbonyl (C=O) groups excluding carboxylic acids is 1. The fourth-order valence-corrected chi connectivity index (χ4v) is 2.33. The van der Waals surface area contributed by atoms with Crippen LogP contribution >= 0.6 is 0 Å². The summed E-state index contributed by atoms with van der Waals surface area (Å²) in [7, 11) is 0. The number of aromatic nitrogens is 1. The predicted molar refractivity (Wildman–Crippen MR) is 80.7 cm³/mol. The Hall–Kier alpha value is -2.39. The number of rotatable bonds is 4. The summed E-state index contributed by atoms with van der Waals surface area (Å²) < 4.78 is 0. The van der Waals surface area contributed by atoms with E-state index in [1.165, 1.54) is 0 Å². The van der Waals surface area contributed by atoms with Crippen LogP contribution < -0.4 is 5.73 Å². The molecular formula is C17H16N2O. The summed E-state index contributed by atoms with van der Waals surface area (Å²) >= 11 is 0. The van der Waals surface area contributed by atoms with Crippen LogP contribution in [-0.2, 0) is 13.0 Å². The minimum Gasteiger partial charge on any atom is -0.361 e. The van der Waals surface area contributed by atoms with Crippen LogP contribution in [0.15, 0.2) is 54.7 Å². The molecule has 0 aliphatic carbocycles. The second kappa shape index (κ2) is 5.31. The number of hydrogen-bond donors (Lipinski definition) is 2. The Morgan fingerprint density at radius 1 is 1.00 bits per heavy atom. The van der Waals surface area contributed by atoms with E-state index in [9.17, 15) is 4.79 Å². The van der Waals surface area contributed by atoms with Crippen LogP contribution in [0.3, 0.4) is 0 Å². The minimum atomic E-state index is 0.128. The van der Waals surface area contributed by atoms with Crippen molar-refractivity contribution in [3.8, 4) is 0 Å². The van der Waals surface area contributed by atoms with Gasteiger partial charge in [0.25, 0.3) is 0 Å². The number of hydrogen-bond acceptors (Lipinski definition) is 2. The SMILES string of the molecule is NCc1ccc(C(=O)Cc2ccc3[nH]ccc3c2)cc1. The third-order valence-electron chi connectivity index (χ3n) is 3.49. The Labute approximate surface area is 117 Å². The summed E-state index contributed by atoms with van der Waals surface area (Å²) in [5.41, 5.74) is 9.45. The third kappa shape index (κ3) is 2.49. The van der Waals surface area contributed by atoms with E-state index in [1.807, 2.05) is 48.7 Å². The molecule has 3 rings (SSSR count). The monoisotopic (exact) mass is 264 g/mol. The highest BCUT2D eigenvalue weighted by Gasteiger charge is 2.07. The first kappa shape index (κ1) is 12.6. The Morgan fingerprint density at radius 3 is 2.50 bits per heavy atom. The summed E-state index contributed by atoms with van der Waals surface area (Å²) in [5.74, 6) is 0.128. The number of ketones is 1. The van der Waals surface area contributed by atoms with Gasteiger partial charge in [-0.1, -0.05) is 30.3 Å². The fraction of sp³-hybridized carbons (Fsp3) is 0.118. The molecule has 0 atom stereocenters. The van der Waals surface area contributed by atoms with Crippen molar-refractivity contribution in [2.75, 3.05) is 0 Å². The van der Waals surface area contributed by atoms with Gasteiger partial charge in [-0.05, 0) is 34.7 Å². The summed E-state index contributed by atoms with van der Waals surface area (Å²) in [6, 6.07) is 15.6. The van der Waals surface area contributed by atoms with Crippen molar-refractivity contribution in [3.05, 3.63) is 71.4 Å². The van der Waals surface area contributed by atoms with E-state index >= 15 is 0 Å². The van der Waals surface area contributed by atoms with Crippen molar-refractivity contribution >= 4 is 16.7 Å². The molecule has 100 valence electrons. The zero-order valence-electron chi connectivity index (χ0n) is 11.1. The molecular weight excluding hydrogens is 248 g/mol. The molecule has 0 radical (unpaired) electrons. The van der Waals surface area contributed by atoms with E-state index in [0.717, 1.165) is 27.6 Å². The van der Waals surface area contributed by atoms with E-state index in [1.54, 1.807) is 0 Å². The first-order valence-corrected chi connectivity index (χ1v) is 6.64. The quantitative estimate of drug-likeness (QED) is 0.711. The molecule has 3 N–H and O–H groups in total. The van der Waals surface area contributed by atoms with Crippen molar-refractivity contribution in [1.29, 1.82) is 0 Å². The molecule has 0 spiro atoms. The molecule has 2 aromatic carbocycles. The van der Waals surface area contributed by atoms with Crippen molar-refractivity contribution in [2.45, 2.75) is 13.0 Å². The summed E-state index contributed by atoms with van der Waals surface area (Å²) in [5, 5.41) is 1.13. The molecule has 0 unspecified atom stereocenters. The lowest BCUT2D eigenvalue weighted by Crippen LogP contribution is -2.04. The first-order valence-electron chi connectivity index (χ1n) is 6.64. The highest BCUT2D eigenvalue weighted by Crippen LogP contribution is 2.16. The van der Waals surface area contributed by atoms with Gasteiger partial charge in [0.1, 0.15) is 0 Å². The Kier molecular flexibility index (Phi) is 3.35. The van der Waals surface area contributed by atoms with Gasteiger partial charge in [-0.15, -0.1) is 0 Å². The highest BCUT2D eigenvalue weighted by atomic mass is 16.1. The van der Waals surface area contributed by atoms with Crippen LogP contribution in [0.4, 0.5) is 0 Å². The highest BCUT2D eigenvalue weighted by molar-refractivity contribution is 5.98. The molecule has 0 saturated heterocycles. The molecule has 0 amide bonds. The average Bonchev–Trinajstić information content (AvgIpc) is 2.95. The number of nitrogens with two attached hydrogens (primary N) is 1. The largest absolute Gasteiger partial charge is 0.361 e. The topological polar surface area (TPSA) is 58.9 Å². The normalized spacial score (nSPS) is 10.8. The molecule has 3 heteroatoms. The maximum Gasteiger partial charge on any atom is 0.167 e. The van der Waals surface area contributed by atoms with Crippen LogP contribution in [0.2, 0.25) is 0 Å². The van der Waals surface area contributed by atoms with Crippen LogP contribution in [0.5, 0.6) is 0 Å². The Balaban J connectivity index is 1.80. The molecule has 0 aliphatic heterocycles. The number of benzene rings is 2. The van der Waals surface area contributed by atoms with E-state index in [0.29, 0.717) is 13.0 Å². The van der Waals surface area contributed by atoms with Gasteiger partial charge in [-0.25, -0.2) is 0 Å². The van der Waals surface area contributed by atoms with Gasteiger partial charge >= 0.3 is 0 Å². The first-order chi connectivity index (χ1) is 9.76. The van der Waals surface area contributed by atoms with Crippen molar-refractivity contribution in [3.63, 3.8) is 0 Å². The van der Waals surface area contributed by atoms with E-state index in [4.69, 9.17) is 5.73 Å². The van der Waals surface area contributed by atoms with Crippen molar-refractivity contribution < 1.29 is 4.79 Å². The van der Waals surface area contributed by atoms with Crippen LogP contribution in [-0.4, -0.2) is 10.8 Å². The van der Waals surface area contributed by atoms with E-state index < -0.39 is 0 Å². The van der Waals surface area contributed by atoms with E-state index in [2.05, 4.69) is 11.1 Å². The van der Waals surface area contributed by atoms with E-state index in [-0.39, 0.29) is 5.78 Å². The number of carbonyl (C=O) groups is 1. The molecule has 1 heterocycles. The molecule has 3 nitrogen and oxygen atoms in total. The number of H-pyrrole nitrogens is 1. The fourth-order valence-electron chi connectivity index (χ4n) is 2.33. The van der Waals surface area contributed by atoms with Crippen LogP contribution in [0.1, 0.15) is 21.5 Å². The molecule has 0 aliphatic rings. The number of Topliss-reactive ketones (excluding diaryl/α,β-unsaturated/α-hetero) is 1. The summed E-state index contributed by atoms with van der Waals surface area (Å²) in [4.78, 5) is 15.4. The summed E-state index contributed by atoms with van der Waals surface area (Å²) in [6.45, 7) is 0.499. The molecule has 1 aromatic heterocycles. The maximum absolute atomic E-state index is 12.2. The number of nitrogens with one attached hydrogen (secondary N) is 1. The second-order valence-electron chi connectivity index (χ2n) is 4.90. The lowest BCUT2D eigenvalue weighted by molar-refractivity contribution is 0.0993. The smallest absolute Gasteiger partial charge is 0.167 e. The van der Waals surface area contributed by atoms with Crippen molar-refractivity contribution in [2.24, 2.45) is 5.73 Å². The molecule has 3 aromatic rings. The average molecular weight is 264 g/mol. The predicted octanol–water partition coefficient (Wildman–Crippen LogP) is 3.05. The number of fused-ring (bicyclic) bond motifs is 1. The second-order valence-corrected chi connectivity index (χ2v) is 4.90. The van der Waals surface area contributed by atoms with Gasteiger partial charge in [-0.3, -0.25) is 4.79 Å². The summed E-state index contributed by atoms with van der Waals surface area (Å²) in [6.07, 6.45) is 2.32. The lowest BCUT2D eigenvalue weighted by Gasteiger charge is -2.03. The van der Waals surface area contributed by atoms with Gasteiger partial charge in [-0.2, -0.15) is 0 Å². The zero-order valence-corrected chi connectivity index (χ0v) is 11.1. The molecule has 0 saturated carbocycles. The zero-order chi connectivity index (χ0) is 13.9. The Bertz CT molecular complexity index is 741. The Morgan fingerprint density at radius 2 is 1.75 bits per heavy atom. The van der Waals surface area contributed by atoms with Gasteiger partial charge in [0.15, 0.2) is 5.78 Å². The lowest BCUT2D eigenvalue weighted by atomic mass is 10.0. The van der Waals surface area contributed by atoms with Gasteiger partial charge in [0, 0.05) is 30.2 Å². The molecule has 0 bridgehead atoms. The van der Waals surface area contributed by atoms with Gasteiger partial charge < -0.3 is 10.7 Å².